The summed E-state index contributed by atoms with van der Waals surface area (Å²) in [7, 11) is -3.59. The van der Waals surface area contributed by atoms with Crippen LogP contribution in [0, 0.1) is 0 Å². The van der Waals surface area contributed by atoms with Gasteiger partial charge in [-0.2, -0.15) is 5.48 Å². The fourth-order valence-electron chi connectivity index (χ4n) is 1.19. The minimum absolute atomic E-state index is 0.466. The maximum Gasteiger partial charge on any atom is 0.527 e. The van der Waals surface area contributed by atoms with Gasteiger partial charge in [-0.1, -0.05) is 30.3 Å². The van der Waals surface area contributed by atoms with E-state index in [0.29, 0.717) is 5.56 Å². The van der Waals surface area contributed by atoms with Gasteiger partial charge < -0.3 is 9.36 Å². The van der Waals surface area contributed by atoms with E-state index in [-0.39, 0.29) is 0 Å². The van der Waals surface area contributed by atoms with Gasteiger partial charge in [0.25, 0.3) is 0 Å². The van der Waals surface area contributed by atoms with E-state index < -0.39 is 19.8 Å². The van der Waals surface area contributed by atoms with Gasteiger partial charge in [-0.15, -0.1) is 0 Å². The highest BCUT2D eigenvalue weighted by Crippen LogP contribution is 2.37. The number of hydroxylamine groups is 1. The molecule has 0 spiro atoms. The molecule has 0 amide bonds. The molecule has 0 aromatic heterocycles. The average Bonchev–Trinajstić information content (AvgIpc) is 2.24. The molecule has 0 fully saturated rings. The summed E-state index contributed by atoms with van der Waals surface area (Å²) in [5.74, 6) is -1.12. The third-order valence-corrected chi connectivity index (χ3v) is 2.23. The number of nitrogens with one attached hydrogen (secondary N) is 1. The maximum atomic E-state index is 11.5. The Morgan fingerprint density at radius 3 is 2.41 bits per heavy atom. The minimum atomic E-state index is -4.86. The summed E-state index contributed by atoms with van der Waals surface area (Å²) in [5.41, 5.74) is 2.77. The Kier molecular flexibility index (Phi) is 4.80. The van der Waals surface area contributed by atoms with Crippen LogP contribution >= 0.6 is 7.82 Å². The largest absolute Gasteiger partial charge is 0.527 e. The van der Waals surface area contributed by atoms with Crippen LogP contribution < -0.4 is 5.48 Å². The molecule has 0 aliphatic rings. The first-order valence-corrected chi connectivity index (χ1v) is 6.09. The fraction of sp³-hybridized carbons (Fsp3) is 0.222. The minimum Gasteiger partial charge on any atom is -0.369 e. The number of carbonyl (C=O) groups excluding carboxylic acids is 1. The SMILES string of the molecule is CON[C@H](C(=O)OP(=O)(O)O)c1ccccc1. The van der Waals surface area contributed by atoms with Crippen LogP contribution in [-0.2, 0) is 18.7 Å². The first kappa shape index (κ1) is 13.8. The van der Waals surface area contributed by atoms with Crippen LogP contribution in [0.4, 0.5) is 0 Å². The molecule has 0 bridgehead atoms. The van der Waals surface area contributed by atoms with Crippen LogP contribution in [0.1, 0.15) is 11.6 Å². The molecule has 0 saturated heterocycles. The van der Waals surface area contributed by atoms with Gasteiger partial charge in [0.1, 0.15) is 0 Å². The van der Waals surface area contributed by atoms with E-state index in [1.807, 2.05) is 0 Å². The Hall–Kier alpha value is -1.24. The Labute approximate surface area is 97.6 Å². The molecule has 1 aromatic carbocycles. The van der Waals surface area contributed by atoms with E-state index >= 15 is 0 Å². The number of carbonyl (C=O) groups is 1. The molecule has 0 aliphatic carbocycles. The van der Waals surface area contributed by atoms with E-state index in [0.717, 1.165) is 0 Å². The predicted molar refractivity (Wildman–Crippen MR) is 57.5 cm³/mol. The molecule has 0 heterocycles. The number of phosphoric acid groups is 1. The van der Waals surface area contributed by atoms with Gasteiger partial charge in [-0.05, 0) is 5.56 Å². The summed E-state index contributed by atoms with van der Waals surface area (Å²) in [4.78, 5) is 33.2. The van der Waals surface area contributed by atoms with E-state index in [4.69, 9.17) is 9.79 Å². The number of benzene rings is 1. The third kappa shape index (κ3) is 4.64. The molecule has 7 nitrogen and oxygen atoms in total. The number of rotatable bonds is 5. The Bertz CT molecular complexity index is 417. The lowest BCUT2D eigenvalue weighted by Crippen LogP contribution is -2.28. The average molecular weight is 261 g/mol. The van der Waals surface area contributed by atoms with Gasteiger partial charge in [-0.3, -0.25) is 9.79 Å². The van der Waals surface area contributed by atoms with Crippen molar-refractivity contribution in [3.8, 4) is 0 Å². The van der Waals surface area contributed by atoms with E-state index in [2.05, 4.69) is 14.8 Å². The van der Waals surface area contributed by atoms with Gasteiger partial charge in [0.15, 0.2) is 6.04 Å². The highest BCUT2D eigenvalue weighted by molar-refractivity contribution is 7.46. The van der Waals surface area contributed by atoms with Crippen molar-refractivity contribution < 1.29 is 28.5 Å². The molecule has 1 rings (SSSR count). The molecule has 94 valence electrons. The van der Waals surface area contributed by atoms with Crippen molar-refractivity contribution in [2.45, 2.75) is 6.04 Å². The summed E-state index contributed by atoms with van der Waals surface area (Å²) in [6.45, 7) is 0. The summed E-state index contributed by atoms with van der Waals surface area (Å²) in [6, 6.07) is 7.17. The first-order chi connectivity index (χ1) is 7.94. The normalized spacial score (nSPS) is 13.1. The topological polar surface area (TPSA) is 105 Å². The lowest BCUT2D eigenvalue weighted by molar-refractivity contribution is -0.142. The number of hydrogen-bond donors (Lipinski definition) is 3. The van der Waals surface area contributed by atoms with Crippen molar-refractivity contribution in [3.05, 3.63) is 35.9 Å². The molecular formula is C9H12NO6P. The van der Waals surface area contributed by atoms with Crippen LogP contribution in [0.25, 0.3) is 0 Å². The van der Waals surface area contributed by atoms with Gasteiger partial charge in [-0.25, -0.2) is 9.36 Å². The van der Waals surface area contributed by atoms with Crippen LogP contribution in [0.15, 0.2) is 30.3 Å². The number of phosphoric ester groups is 1. The van der Waals surface area contributed by atoms with Crippen molar-refractivity contribution in [2.75, 3.05) is 7.11 Å². The Morgan fingerprint density at radius 2 is 1.94 bits per heavy atom. The Balaban J connectivity index is 2.87. The highest BCUT2D eigenvalue weighted by atomic mass is 31.2. The summed E-state index contributed by atoms with van der Waals surface area (Å²) < 4.78 is 14.6. The van der Waals surface area contributed by atoms with E-state index in [1.165, 1.54) is 7.11 Å². The van der Waals surface area contributed by atoms with Crippen LogP contribution in [0.5, 0.6) is 0 Å². The zero-order valence-electron chi connectivity index (χ0n) is 8.94. The van der Waals surface area contributed by atoms with Gasteiger partial charge in [0.2, 0.25) is 0 Å². The Morgan fingerprint density at radius 1 is 1.35 bits per heavy atom. The van der Waals surface area contributed by atoms with Gasteiger partial charge in [0.05, 0.1) is 7.11 Å². The van der Waals surface area contributed by atoms with Gasteiger partial charge >= 0.3 is 13.8 Å². The first-order valence-electron chi connectivity index (χ1n) is 4.56. The van der Waals surface area contributed by atoms with Crippen LogP contribution in [0.3, 0.4) is 0 Å². The lowest BCUT2D eigenvalue weighted by Gasteiger charge is -2.16. The molecular weight excluding hydrogens is 249 g/mol. The third-order valence-electron chi connectivity index (χ3n) is 1.81. The highest BCUT2D eigenvalue weighted by Gasteiger charge is 2.28. The van der Waals surface area contributed by atoms with Gasteiger partial charge in [0, 0.05) is 0 Å². The second-order valence-corrected chi connectivity index (χ2v) is 4.23. The number of hydrogen-bond acceptors (Lipinski definition) is 5. The van der Waals surface area contributed by atoms with Crippen molar-refractivity contribution in [1.82, 2.24) is 5.48 Å². The zero-order valence-corrected chi connectivity index (χ0v) is 9.83. The predicted octanol–water partition coefficient (Wildman–Crippen LogP) is 0.515. The molecule has 17 heavy (non-hydrogen) atoms. The second kappa shape index (κ2) is 5.90. The molecule has 0 unspecified atom stereocenters. The lowest BCUT2D eigenvalue weighted by atomic mass is 10.1. The maximum absolute atomic E-state index is 11.5. The summed E-state index contributed by atoms with van der Waals surface area (Å²) >= 11 is 0. The summed E-state index contributed by atoms with van der Waals surface area (Å²) in [5, 5.41) is 0. The molecule has 1 aromatic rings. The van der Waals surface area contributed by atoms with E-state index in [1.54, 1.807) is 30.3 Å². The van der Waals surface area contributed by atoms with Crippen LogP contribution in [0.2, 0.25) is 0 Å². The molecule has 8 heteroatoms. The standard InChI is InChI=1S/C9H12NO6P/c1-15-10-8(7-5-3-2-4-6-7)9(11)16-17(12,13)14/h2-6,8,10H,1H3,(H2,12,13,14)/t8-/m0/s1. The van der Waals surface area contributed by atoms with Crippen molar-refractivity contribution in [2.24, 2.45) is 0 Å². The molecule has 3 N–H and O–H groups in total. The quantitative estimate of drug-likeness (QED) is 0.524. The molecule has 0 radical (unpaired) electrons. The van der Waals surface area contributed by atoms with Crippen molar-refractivity contribution in [3.63, 3.8) is 0 Å². The van der Waals surface area contributed by atoms with Crippen molar-refractivity contribution in [1.29, 1.82) is 0 Å². The fourth-order valence-corrected chi connectivity index (χ4v) is 1.53. The van der Waals surface area contributed by atoms with Crippen molar-refractivity contribution >= 4 is 13.8 Å². The zero-order chi connectivity index (χ0) is 12.9. The smallest absolute Gasteiger partial charge is 0.369 e. The molecule has 0 aliphatic heterocycles. The monoisotopic (exact) mass is 261 g/mol. The molecule has 0 saturated carbocycles. The second-order valence-electron chi connectivity index (χ2n) is 3.07. The molecule has 1 atom stereocenters. The summed E-state index contributed by atoms with van der Waals surface area (Å²) in [6.07, 6.45) is 0. The van der Waals surface area contributed by atoms with Crippen LogP contribution in [-0.4, -0.2) is 22.9 Å². The van der Waals surface area contributed by atoms with E-state index in [9.17, 15) is 9.36 Å².